The van der Waals surface area contributed by atoms with Crippen LogP contribution in [0.5, 0.6) is 0 Å². The highest BCUT2D eigenvalue weighted by molar-refractivity contribution is 7.85. The molecule has 0 bridgehead atoms. The van der Waals surface area contributed by atoms with Crippen LogP contribution in [0.15, 0.2) is 5.38 Å². The van der Waals surface area contributed by atoms with E-state index in [-0.39, 0.29) is 29.3 Å². The summed E-state index contributed by atoms with van der Waals surface area (Å²) < 4.78 is 16.1. The van der Waals surface area contributed by atoms with Crippen LogP contribution in [0.1, 0.15) is 40.1 Å². The number of amides is 1. The van der Waals surface area contributed by atoms with Gasteiger partial charge in [-0.25, -0.2) is 9.78 Å². The topological polar surface area (TPSA) is 85.4 Å². The molecule has 0 unspecified atom stereocenters. The van der Waals surface area contributed by atoms with E-state index in [9.17, 15) is 13.8 Å². The van der Waals surface area contributed by atoms with Gasteiger partial charge in [-0.15, -0.1) is 11.3 Å². The van der Waals surface area contributed by atoms with E-state index in [1.165, 1.54) is 0 Å². The van der Waals surface area contributed by atoms with Crippen molar-refractivity contribution in [3.05, 3.63) is 16.1 Å². The van der Waals surface area contributed by atoms with Crippen LogP contribution in [0.25, 0.3) is 0 Å². The van der Waals surface area contributed by atoms with Crippen molar-refractivity contribution in [1.29, 1.82) is 0 Å². The van der Waals surface area contributed by atoms with E-state index in [0.29, 0.717) is 24.3 Å². The second kappa shape index (κ2) is 6.94. The Labute approximate surface area is 123 Å². The molecule has 0 atom stereocenters. The molecule has 20 heavy (non-hydrogen) atoms. The number of nitrogens with zero attached hydrogens (tertiary/aromatic N) is 1. The van der Waals surface area contributed by atoms with E-state index in [4.69, 9.17) is 4.74 Å². The van der Waals surface area contributed by atoms with Gasteiger partial charge in [-0.1, -0.05) is 0 Å². The van der Waals surface area contributed by atoms with E-state index < -0.39 is 16.8 Å². The first-order chi connectivity index (χ1) is 9.60. The average Bonchev–Trinajstić information content (AvgIpc) is 2.91. The summed E-state index contributed by atoms with van der Waals surface area (Å²) in [5, 5.41) is 4.59. The number of ether oxygens (including phenoxy) is 1. The van der Waals surface area contributed by atoms with Crippen molar-refractivity contribution in [2.45, 2.75) is 25.8 Å². The van der Waals surface area contributed by atoms with Crippen LogP contribution >= 0.6 is 11.3 Å². The molecule has 0 spiro atoms. The van der Waals surface area contributed by atoms with Crippen LogP contribution in [-0.4, -0.2) is 45.2 Å². The zero-order chi connectivity index (χ0) is 14.5. The lowest BCUT2D eigenvalue weighted by atomic mass is 10.1. The van der Waals surface area contributed by atoms with Gasteiger partial charge < -0.3 is 10.1 Å². The van der Waals surface area contributed by atoms with Gasteiger partial charge in [0.15, 0.2) is 0 Å². The van der Waals surface area contributed by atoms with Gasteiger partial charge in [0.05, 0.1) is 6.61 Å². The van der Waals surface area contributed by atoms with Gasteiger partial charge in [0.2, 0.25) is 5.01 Å². The molecule has 1 saturated heterocycles. The standard InChI is InChI=1S/C12H16N2O4S2/c1-2-18-12(16)11-14-9(7-19-11)10(15)13-8-3-5-20(17)6-4-8/h7-8H,2-6H2,1H3,(H,13,15). The Bertz CT molecular complexity index is 519. The first-order valence-corrected chi connectivity index (χ1v) is 8.75. The molecule has 6 nitrogen and oxygen atoms in total. The van der Waals surface area contributed by atoms with Crippen molar-refractivity contribution >= 4 is 34.0 Å². The molecule has 2 heterocycles. The molecule has 1 aliphatic heterocycles. The summed E-state index contributed by atoms with van der Waals surface area (Å²) >= 11 is 1.09. The number of nitrogens with one attached hydrogen (secondary N) is 1. The SMILES string of the molecule is CCOC(=O)c1nc(C(=O)NC2CCS(=O)CC2)cs1. The van der Waals surface area contributed by atoms with Crippen LogP contribution in [0.3, 0.4) is 0 Å². The summed E-state index contributed by atoms with van der Waals surface area (Å²) in [7, 11) is -0.751. The van der Waals surface area contributed by atoms with Crippen LogP contribution in [0, 0.1) is 0 Å². The maximum Gasteiger partial charge on any atom is 0.367 e. The zero-order valence-electron chi connectivity index (χ0n) is 11.1. The molecule has 0 radical (unpaired) electrons. The largest absolute Gasteiger partial charge is 0.461 e. The molecule has 0 saturated carbocycles. The van der Waals surface area contributed by atoms with Crippen LogP contribution in [0.2, 0.25) is 0 Å². The zero-order valence-corrected chi connectivity index (χ0v) is 12.7. The van der Waals surface area contributed by atoms with Crippen molar-refractivity contribution in [3.8, 4) is 0 Å². The first kappa shape index (κ1) is 15.1. The molecule has 1 amide bonds. The van der Waals surface area contributed by atoms with Gasteiger partial charge in [-0.3, -0.25) is 9.00 Å². The molecule has 8 heteroatoms. The predicted octanol–water partition coefficient (Wildman–Crippen LogP) is 0.961. The molecule has 0 aromatic carbocycles. The molecule has 1 aromatic rings. The van der Waals surface area contributed by atoms with Gasteiger partial charge in [-0.2, -0.15) is 0 Å². The summed E-state index contributed by atoms with van der Waals surface area (Å²) in [6, 6.07) is 0.0351. The monoisotopic (exact) mass is 316 g/mol. The number of carbonyl (C=O) groups excluding carboxylic acids is 2. The van der Waals surface area contributed by atoms with Gasteiger partial charge in [0, 0.05) is 33.7 Å². The minimum Gasteiger partial charge on any atom is -0.461 e. The Hall–Kier alpha value is -1.28. The van der Waals surface area contributed by atoms with E-state index in [1.807, 2.05) is 0 Å². The highest BCUT2D eigenvalue weighted by atomic mass is 32.2. The van der Waals surface area contributed by atoms with E-state index in [2.05, 4.69) is 10.3 Å². The molecular formula is C12H16N2O4S2. The summed E-state index contributed by atoms with van der Waals surface area (Å²) in [6.45, 7) is 1.99. The van der Waals surface area contributed by atoms with E-state index in [1.54, 1.807) is 12.3 Å². The quantitative estimate of drug-likeness (QED) is 0.836. The summed E-state index contributed by atoms with van der Waals surface area (Å²) in [4.78, 5) is 27.4. The smallest absolute Gasteiger partial charge is 0.367 e. The lowest BCUT2D eigenvalue weighted by Crippen LogP contribution is -2.39. The van der Waals surface area contributed by atoms with Crippen molar-refractivity contribution < 1.29 is 18.5 Å². The summed E-state index contributed by atoms with van der Waals surface area (Å²) in [6.07, 6.45) is 1.43. The van der Waals surface area contributed by atoms with E-state index >= 15 is 0 Å². The molecule has 1 N–H and O–H groups in total. The number of hydrogen-bond acceptors (Lipinski definition) is 6. The molecular weight excluding hydrogens is 300 g/mol. The lowest BCUT2D eigenvalue weighted by Gasteiger charge is -2.21. The third kappa shape index (κ3) is 3.86. The number of esters is 1. The number of hydrogen-bond donors (Lipinski definition) is 1. The van der Waals surface area contributed by atoms with Gasteiger partial charge in [-0.05, 0) is 19.8 Å². The second-order valence-electron chi connectivity index (χ2n) is 4.35. The second-order valence-corrected chi connectivity index (χ2v) is 6.91. The minimum absolute atomic E-state index is 0.0351. The molecule has 2 rings (SSSR count). The fraction of sp³-hybridized carbons (Fsp3) is 0.583. The Morgan fingerprint density at radius 3 is 2.85 bits per heavy atom. The number of thiazole rings is 1. The maximum atomic E-state index is 12.0. The van der Waals surface area contributed by atoms with Crippen molar-refractivity contribution in [2.24, 2.45) is 0 Å². The third-order valence-corrected chi connectivity index (χ3v) is 5.11. The third-order valence-electron chi connectivity index (χ3n) is 2.91. The highest BCUT2D eigenvalue weighted by Gasteiger charge is 2.22. The average molecular weight is 316 g/mol. The van der Waals surface area contributed by atoms with Crippen molar-refractivity contribution in [2.75, 3.05) is 18.1 Å². The number of rotatable bonds is 4. The normalized spacial score (nSPS) is 22.2. The molecule has 1 fully saturated rings. The number of carbonyl (C=O) groups is 2. The van der Waals surface area contributed by atoms with Crippen molar-refractivity contribution in [3.63, 3.8) is 0 Å². The predicted molar refractivity (Wildman–Crippen MR) is 76.4 cm³/mol. The highest BCUT2D eigenvalue weighted by Crippen LogP contribution is 2.13. The minimum atomic E-state index is -0.751. The molecule has 0 aliphatic carbocycles. The Morgan fingerprint density at radius 1 is 1.50 bits per heavy atom. The van der Waals surface area contributed by atoms with Crippen LogP contribution in [-0.2, 0) is 15.5 Å². The van der Waals surface area contributed by atoms with Gasteiger partial charge >= 0.3 is 5.97 Å². The fourth-order valence-corrected chi connectivity index (χ4v) is 3.85. The fourth-order valence-electron chi connectivity index (χ4n) is 1.86. The van der Waals surface area contributed by atoms with Gasteiger partial charge in [0.1, 0.15) is 5.69 Å². The number of aromatic nitrogens is 1. The van der Waals surface area contributed by atoms with Crippen LogP contribution in [0.4, 0.5) is 0 Å². The molecule has 1 aromatic heterocycles. The Morgan fingerprint density at radius 2 is 2.20 bits per heavy atom. The van der Waals surface area contributed by atoms with Crippen LogP contribution < -0.4 is 5.32 Å². The van der Waals surface area contributed by atoms with E-state index in [0.717, 1.165) is 11.3 Å². The Balaban J connectivity index is 1.92. The summed E-state index contributed by atoms with van der Waals surface area (Å²) in [5.74, 6) is 0.436. The van der Waals surface area contributed by atoms with Crippen molar-refractivity contribution in [1.82, 2.24) is 10.3 Å². The molecule has 110 valence electrons. The summed E-state index contributed by atoms with van der Waals surface area (Å²) in [5.41, 5.74) is 0.227. The molecule has 1 aliphatic rings. The Kier molecular flexibility index (Phi) is 5.24. The maximum absolute atomic E-state index is 12.0. The lowest BCUT2D eigenvalue weighted by molar-refractivity contribution is 0.0526. The van der Waals surface area contributed by atoms with Gasteiger partial charge in [0.25, 0.3) is 5.91 Å². The first-order valence-electron chi connectivity index (χ1n) is 6.38.